The lowest BCUT2D eigenvalue weighted by atomic mass is 10.3. The van der Waals surface area contributed by atoms with Crippen LogP contribution in [0.2, 0.25) is 0 Å². The van der Waals surface area contributed by atoms with Crippen LogP contribution in [0.1, 0.15) is 5.69 Å². The molecule has 2 aromatic rings. The molecular weight excluding hydrogens is 322 g/mol. The minimum Gasteiger partial charge on any atom is -0.483 e. The molecule has 1 amide bonds. The number of halogens is 1. The molecule has 0 saturated heterocycles. The molecule has 0 aliphatic rings. The van der Waals surface area contributed by atoms with E-state index in [4.69, 9.17) is 4.74 Å². The lowest BCUT2D eigenvalue weighted by Gasteiger charge is -2.06. The summed E-state index contributed by atoms with van der Waals surface area (Å²) in [5.41, 5.74) is 3.31. The zero-order chi connectivity index (χ0) is 14.4. The molecule has 5 nitrogen and oxygen atoms in total. The van der Waals surface area contributed by atoms with E-state index in [1.54, 1.807) is 12.3 Å². The largest absolute Gasteiger partial charge is 0.483 e. The van der Waals surface area contributed by atoms with Crippen molar-refractivity contribution in [2.45, 2.75) is 0 Å². The van der Waals surface area contributed by atoms with Crippen LogP contribution in [0.5, 0.6) is 5.75 Å². The smallest absolute Gasteiger partial charge is 0.277 e. The number of rotatable bonds is 5. The molecule has 20 heavy (non-hydrogen) atoms. The fraction of sp³-hybridized carbons (Fsp3) is 0.143. The average molecular weight is 336 g/mol. The standard InChI is InChI=1S/C14H14BrN3O2/c1-18-8-4-5-11(18)9-16-17-14(19)10-20-13-7-3-2-6-12(13)15/h2-9H,10H2,1H3,(H,17,19)/b16-9+. The number of amides is 1. The summed E-state index contributed by atoms with van der Waals surface area (Å²) in [6, 6.07) is 11.1. The number of ether oxygens (including phenoxy) is 1. The van der Waals surface area contributed by atoms with E-state index in [2.05, 4.69) is 26.5 Å². The highest BCUT2D eigenvalue weighted by atomic mass is 79.9. The van der Waals surface area contributed by atoms with Gasteiger partial charge in [-0.25, -0.2) is 5.43 Å². The van der Waals surface area contributed by atoms with Crippen molar-refractivity contribution in [3.05, 3.63) is 52.8 Å². The maximum absolute atomic E-state index is 11.6. The van der Waals surface area contributed by atoms with E-state index in [0.29, 0.717) is 5.75 Å². The topological polar surface area (TPSA) is 55.6 Å². The van der Waals surface area contributed by atoms with Crippen LogP contribution in [0.15, 0.2) is 52.2 Å². The average Bonchev–Trinajstić information content (AvgIpc) is 2.84. The molecule has 1 aromatic heterocycles. The summed E-state index contributed by atoms with van der Waals surface area (Å²) in [6.07, 6.45) is 3.48. The second kappa shape index (κ2) is 6.91. The Hall–Kier alpha value is -2.08. The molecule has 0 bridgehead atoms. The van der Waals surface area contributed by atoms with E-state index in [-0.39, 0.29) is 12.5 Å². The highest BCUT2D eigenvalue weighted by Gasteiger charge is 2.03. The Labute approximate surface area is 125 Å². The molecule has 104 valence electrons. The number of hydrazone groups is 1. The lowest BCUT2D eigenvalue weighted by molar-refractivity contribution is -0.123. The van der Waals surface area contributed by atoms with Gasteiger partial charge in [0.25, 0.3) is 5.91 Å². The van der Waals surface area contributed by atoms with Crippen LogP contribution < -0.4 is 10.2 Å². The molecular formula is C14H14BrN3O2. The van der Waals surface area contributed by atoms with Gasteiger partial charge in [-0.2, -0.15) is 5.10 Å². The van der Waals surface area contributed by atoms with E-state index in [1.165, 1.54) is 0 Å². The van der Waals surface area contributed by atoms with Crippen molar-refractivity contribution in [1.29, 1.82) is 0 Å². The minimum absolute atomic E-state index is 0.0902. The highest BCUT2D eigenvalue weighted by Crippen LogP contribution is 2.23. The van der Waals surface area contributed by atoms with Gasteiger partial charge in [0.15, 0.2) is 6.61 Å². The van der Waals surface area contributed by atoms with Gasteiger partial charge in [-0.3, -0.25) is 4.79 Å². The van der Waals surface area contributed by atoms with Crippen LogP contribution in [0, 0.1) is 0 Å². The Kier molecular flexibility index (Phi) is 4.95. The maximum Gasteiger partial charge on any atom is 0.277 e. The molecule has 0 atom stereocenters. The van der Waals surface area contributed by atoms with Gasteiger partial charge in [-0.15, -0.1) is 0 Å². The van der Waals surface area contributed by atoms with Gasteiger partial charge in [0, 0.05) is 13.2 Å². The molecule has 0 aliphatic heterocycles. The van der Waals surface area contributed by atoms with Crippen molar-refractivity contribution >= 4 is 28.1 Å². The Balaban J connectivity index is 1.80. The predicted molar refractivity (Wildman–Crippen MR) is 80.8 cm³/mol. The summed E-state index contributed by atoms with van der Waals surface area (Å²) >= 11 is 3.34. The maximum atomic E-state index is 11.6. The molecule has 2 rings (SSSR count). The Morgan fingerprint density at radius 3 is 2.90 bits per heavy atom. The third-order valence-corrected chi connectivity index (χ3v) is 3.22. The third-order valence-electron chi connectivity index (χ3n) is 2.57. The van der Waals surface area contributed by atoms with Gasteiger partial charge in [-0.1, -0.05) is 12.1 Å². The molecule has 0 spiro atoms. The van der Waals surface area contributed by atoms with Gasteiger partial charge in [0.1, 0.15) is 5.75 Å². The Bertz CT molecular complexity index is 622. The number of hydrogen-bond acceptors (Lipinski definition) is 3. The number of benzene rings is 1. The summed E-state index contributed by atoms with van der Waals surface area (Å²) in [4.78, 5) is 11.6. The molecule has 1 aromatic carbocycles. The Morgan fingerprint density at radius 2 is 2.20 bits per heavy atom. The van der Waals surface area contributed by atoms with Gasteiger partial charge in [-0.05, 0) is 40.2 Å². The quantitative estimate of drug-likeness (QED) is 0.673. The van der Waals surface area contributed by atoms with Gasteiger partial charge in [0.05, 0.1) is 16.4 Å². The molecule has 0 fully saturated rings. The van der Waals surface area contributed by atoms with E-state index in [0.717, 1.165) is 10.2 Å². The van der Waals surface area contributed by atoms with Crippen molar-refractivity contribution in [2.75, 3.05) is 6.61 Å². The second-order valence-electron chi connectivity index (χ2n) is 4.06. The number of nitrogens with one attached hydrogen (secondary N) is 1. The van der Waals surface area contributed by atoms with E-state index < -0.39 is 0 Å². The number of aryl methyl sites for hydroxylation is 1. The van der Waals surface area contributed by atoms with Gasteiger partial charge < -0.3 is 9.30 Å². The molecule has 1 heterocycles. The first-order chi connectivity index (χ1) is 9.66. The first-order valence-electron chi connectivity index (χ1n) is 5.97. The molecule has 0 unspecified atom stereocenters. The molecule has 6 heteroatoms. The summed E-state index contributed by atoms with van der Waals surface area (Å²) in [5.74, 6) is 0.306. The van der Waals surface area contributed by atoms with Crippen LogP contribution in [-0.2, 0) is 11.8 Å². The number of carbonyl (C=O) groups excluding carboxylic acids is 1. The molecule has 0 aliphatic carbocycles. The number of nitrogens with zero attached hydrogens (tertiary/aromatic N) is 2. The highest BCUT2D eigenvalue weighted by molar-refractivity contribution is 9.10. The first kappa shape index (κ1) is 14.3. The van der Waals surface area contributed by atoms with E-state index in [1.807, 2.05) is 48.1 Å². The van der Waals surface area contributed by atoms with Crippen molar-refractivity contribution in [2.24, 2.45) is 12.1 Å². The fourth-order valence-electron chi connectivity index (χ4n) is 1.52. The lowest BCUT2D eigenvalue weighted by Crippen LogP contribution is -2.24. The van der Waals surface area contributed by atoms with Crippen LogP contribution >= 0.6 is 15.9 Å². The van der Waals surface area contributed by atoms with Crippen molar-refractivity contribution < 1.29 is 9.53 Å². The molecule has 0 radical (unpaired) electrons. The Morgan fingerprint density at radius 1 is 1.40 bits per heavy atom. The van der Waals surface area contributed by atoms with Crippen molar-refractivity contribution in [3.8, 4) is 5.75 Å². The minimum atomic E-state index is -0.314. The number of hydrogen-bond donors (Lipinski definition) is 1. The zero-order valence-electron chi connectivity index (χ0n) is 10.9. The van der Waals surface area contributed by atoms with Crippen molar-refractivity contribution in [1.82, 2.24) is 9.99 Å². The third kappa shape index (κ3) is 3.96. The fourth-order valence-corrected chi connectivity index (χ4v) is 1.92. The second-order valence-corrected chi connectivity index (χ2v) is 4.91. The summed E-state index contributed by atoms with van der Waals surface area (Å²) in [7, 11) is 1.90. The van der Waals surface area contributed by atoms with Crippen molar-refractivity contribution in [3.63, 3.8) is 0 Å². The van der Waals surface area contributed by atoms with Gasteiger partial charge >= 0.3 is 0 Å². The predicted octanol–water partition coefficient (Wildman–Crippen LogP) is 2.32. The first-order valence-corrected chi connectivity index (χ1v) is 6.76. The monoisotopic (exact) mass is 335 g/mol. The number of carbonyl (C=O) groups is 1. The van der Waals surface area contributed by atoms with Crippen LogP contribution in [0.25, 0.3) is 0 Å². The molecule has 1 N–H and O–H groups in total. The number of para-hydroxylation sites is 1. The summed E-state index contributed by atoms with van der Waals surface area (Å²) < 4.78 is 8.07. The van der Waals surface area contributed by atoms with Crippen LogP contribution in [0.3, 0.4) is 0 Å². The van der Waals surface area contributed by atoms with Crippen LogP contribution in [-0.4, -0.2) is 23.3 Å². The van der Waals surface area contributed by atoms with E-state index in [9.17, 15) is 4.79 Å². The summed E-state index contributed by atoms with van der Waals surface area (Å²) in [5, 5.41) is 3.87. The normalized spacial score (nSPS) is 10.7. The SMILES string of the molecule is Cn1cccc1/C=N/NC(=O)COc1ccccc1Br. The van der Waals surface area contributed by atoms with Crippen LogP contribution in [0.4, 0.5) is 0 Å². The summed E-state index contributed by atoms with van der Waals surface area (Å²) in [6.45, 7) is -0.0902. The van der Waals surface area contributed by atoms with Gasteiger partial charge in [0.2, 0.25) is 0 Å². The molecule has 0 saturated carbocycles. The zero-order valence-corrected chi connectivity index (χ0v) is 12.5. The van der Waals surface area contributed by atoms with E-state index >= 15 is 0 Å². The number of aromatic nitrogens is 1.